The quantitative estimate of drug-likeness (QED) is 0.830. The standard InChI is InChI=1S/C17H19BrFN3/c18-15-5-4-14(17(19)11-15)12-21-7-9-22(10-8-21)13-16-3-1-2-6-20-16/h1-6,11H,7-10,12-13H2. The molecule has 22 heavy (non-hydrogen) atoms. The Bertz CT molecular complexity index is 613. The summed E-state index contributed by atoms with van der Waals surface area (Å²) in [6.45, 7) is 5.48. The molecule has 0 unspecified atom stereocenters. The average Bonchev–Trinajstić information content (AvgIpc) is 2.53. The summed E-state index contributed by atoms with van der Waals surface area (Å²) in [6, 6.07) is 11.3. The second-order valence-electron chi connectivity index (χ2n) is 5.61. The second kappa shape index (κ2) is 7.31. The van der Waals surface area contributed by atoms with Crippen molar-refractivity contribution >= 4 is 15.9 Å². The highest BCUT2D eigenvalue weighted by Crippen LogP contribution is 2.17. The summed E-state index contributed by atoms with van der Waals surface area (Å²) in [4.78, 5) is 9.08. The zero-order valence-electron chi connectivity index (χ0n) is 12.4. The molecule has 0 amide bonds. The van der Waals surface area contributed by atoms with Crippen LogP contribution in [0.25, 0.3) is 0 Å². The van der Waals surface area contributed by atoms with Crippen molar-refractivity contribution in [3.8, 4) is 0 Å². The normalized spacial score (nSPS) is 16.8. The fraction of sp³-hybridized carbons (Fsp3) is 0.353. The minimum atomic E-state index is -0.134. The molecular weight excluding hydrogens is 345 g/mol. The first-order chi connectivity index (χ1) is 10.7. The van der Waals surface area contributed by atoms with E-state index in [-0.39, 0.29) is 5.82 Å². The number of benzene rings is 1. The SMILES string of the molecule is Fc1cc(Br)ccc1CN1CCN(Cc2ccccn2)CC1. The van der Waals surface area contributed by atoms with E-state index in [2.05, 4.69) is 36.8 Å². The van der Waals surface area contributed by atoms with E-state index < -0.39 is 0 Å². The van der Waals surface area contributed by atoms with E-state index in [1.807, 2.05) is 30.5 Å². The van der Waals surface area contributed by atoms with Crippen molar-refractivity contribution in [1.29, 1.82) is 0 Å². The van der Waals surface area contributed by atoms with Gasteiger partial charge in [-0.15, -0.1) is 0 Å². The van der Waals surface area contributed by atoms with Crippen LogP contribution in [0.5, 0.6) is 0 Å². The molecule has 0 saturated carbocycles. The summed E-state index contributed by atoms with van der Waals surface area (Å²) < 4.78 is 14.7. The number of pyridine rings is 1. The minimum absolute atomic E-state index is 0.134. The Morgan fingerprint density at radius 3 is 2.36 bits per heavy atom. The van der Waals surface area contributed by atoms with Gasteiger partial charge in [-0.3, -0.25) is 14.8 Å². The van der Waals surface area contributed by atoms with Crippen LogP contribution in [0, 0.1) is 5.82 Å². The van der Waals surface area contributed by atoms with Crippen molar-refractivity contribution in [3.63, 3.8) is 0 Å². The van der Waals surface area contributed by atoms with Crippen LogP contribution in [0.3, 0.4) is 0 Å². The van der Waals surface area contributed by atoms with Gasteiger partial charge in [0.05, 0.1) is 5.69 Å². The topological polar surface area (TPSA) is 19.4 Å². The van der Waals surface area contributed by atoms with Gasteiger partial charge in [0.25, 0.3) is 0 Å². The molecule has 116 valence electrons. The van der Waals surface area contributed by atoms with Crippen LogP contribution in [-0.4, -0.2) is 41.0 Å². The van der Waals surface area contributed by atoms with Gasteiger partial charge in [-0.05, 0) is 24.3 Å². The van der Waals surface area contributed by atoms with Gasteiger partial charge in [-0.2, -0.15) is 0 Å². The summed E-state index contributed by atoms with van der Waals surface area (Å²) >= 11 is 3.29. The van der Waals surface area contributed by atoms with E-state index in [4.69, 9.17) is 0 Å². The lowest BCUT2D eigenvalue weighted by Gasteiger charge is -2.34. The first kappa shape index (κ1) is 15.6. The number of halogens is 2. The van der Waals surface area contributed by atoms with Crippen molar-refractivity contribution in [2.45, 2.75) is 13.1 Å². The van der Waals surface area contributed by atoms with Crippen molar-refractivity contribution in [1.82, 2.24) is 14.8 Å². The number of nitrogens with zero attached hydrogens (tertiary/aromatic N) is 3. The largest absolute Gasteiger partial charge is 0.296 e. The highest BCUT2D eigenvalue weighted by atomic mass is 79.9. The fourth-order valence-electron chi connectivity index (χ4n) is 2.72. The van der Waals surface area contributed by atoms with Gasteiger partial charge in [0.15, 0.2) is 0 Å². The Labute approximate surface area is 138 Å². The lowest BCUT2D eigenvalue weighted by Crippen LogP contribution is -2.45. The molecule has 0 N–H and O–H groups in total. The van der Waals surface area contributed by atoms with Gasteiger partial charge in [0.2, 0.25) is 0 Å². The maximum Gasteiger partial charge on any atom is 0.128 e. The number of rotatable bonds is 4. The Balaban J connectivity index is 1.51. The Kier molecular flexibility index (Phi) is 5.18. The molecule has 2 heterocycles. The monoisotopic (exact) mass is 363 g/mol. The fourth-order valence-corrected chi connectivity index (χ4v) is 3.05. The molecule has 1 aromatic heterocycles. The number of hydrogen-bond acceptors (Lipinski definition) is 3. The summed E-state index contributed by atoms with van der Waals surface area (Å²) in [5, 5.41) is 0. The maximum absolute atomic E-state index is 13.9. The zero-order chi connectivity index (χ0) is 15.4. The van der Waals surface area contributed by atoms with E-state index in [9.17, 15) is 4.39 Å². The van der Waals surface area contributed by atoms with E-state index in [1.54, 1.807) is 0 Å². The predicted molar refractivity (Wildman–Crippen MR) is 88.9 cm³/mol. The van der Waals surface area contributed by atoms with Crippen molar-refractivity contribution in [2.75, 3.05) is 26.2 Å². The molecule has 1 aromatic carbocycles. The minimum Gasteiger partial charge on any atom is -0.296 e. The van der Waals surface area contributed by atoms with Gasteiger partial charge >= 0.3 is 0 Å². The Morgan fingerprint density at radius 2 is 1.73 bits per heavy atom. The van der Waals surface area contributed by atoms with Crippen LogP contribution in [0.1, 0.15) is 11.3 Å². The first-order valence-electron chi connectivity index (χ1n) is 7.49. The molecule has 1 aliphatic rings. The Hall–Kier alpha value is -1.30. The summed E-state index contributed by atoms with van der Waals surface area (Å²) in [7, 11) is 0. The lowest BCUT2D eigenvalue weighted by molar-refractivity contribution is 0.120. The lowest BCUT2D eigenvalue weighted by atomic mass is 10.2. The highest BCUT2D eigenvalue weighted by Gasteiger charge is 2.18. The molecule has 0 spiro atoms. The van der Waals surface area contributed by atoms with Gasteiger partial charge in [-0.25, -0.2) is 4.39 Å². The van der Waals surface area contributed by atoms with Crippen LogP contribution < -0.4 is 0 Å². The smallest absolute Gasteiger partial charge is 0.128 e. The number of aromatic nitrogens is 1. The third kappa shape index (κ3) is 4.12. The second-order valence-corrected chi connectivity index (χ2v) is 6.52. The third-order valence-corrected chi connectivity index (χ3v) is 4.48. The zero-order valence-corrected chi connectivity index (χ0v) is 14.0. The van der Waals surface area contributed by atoms with Crippen LogP contribution in [0.2, 0.25) is 0 Å². The molecule has 0 bridgehead atoms. The van der Waals surface area contributed by atoms with E-state index in [0.29, 0.717) is 6.54 Å². The van der Waals surface area contributed by atoms with Gasteiger partial charge in [0.1, 0.15) is 5.82 Å². The van der Waals surface area contributed by atoms with Crippen LogP contribution >= 0.6 is 15.9 Å². The third-order valence-electron chi connectivity index (χ3n) is 3.99. The molecule has 1 fully saturated rings. The van der Waals surface area contributed by atoms with E-state index in [0.717, 1.165) is 48.5 Å². The number of hydrogen-bond donors (Lipinski definition) is 0. The average molecular weight is 364 g/mol. The molecule has 2 aromatic rings. The molecule has 1 saturated heterocycles. The molecule has 0 radical (unpaired) electrons. The Morgan fingerprint density at radius 1 is 1.00 bits per heavy atom. The molecule has 5 heteroatoms. The molecular formula is C17H19BrFN3. The van der Waals surface area contributed by atoms with Crippen LogP contribution in [0.15, 0.2) is 47.1 Å². The van der Waals surface area contributed by atoms with Gasteiger partial charge in [0, 0.05) is 55.5 Å². The summed E-state index contributed by atoms with van der Waals surface area (Å²) in [5.74, 6) is -0.134. The summed E-state index contributed by atoms with van der Waals surface area (Å²) in [5.41, 5.74) is 1.87. The maximum atomic E-state index is 13.9. The molecule has 3 nitrogen and oxygen atoms in total. The molecule has 0 aliphatic carbocycles. The van der Waals surface area contributed by atoms with Crippen molar-refractivity contribution in [3.05, 3.63) is 64.1 Å². The summed E-state index contributed by atoms with van der Waals surface area (Å²) in [6.07, 6.45) is 1.84. The van der Waals surface area contributed by atoms with Crippen molar-refractivity contribution in [2.24, 2.45) is 0 Å². The van der Waals surface area contributed by atoms with Crippen molar-refractivity contribution < 1.29 is 4.39 Å². The van der Waals surface area contributed by atoms with Crippen LogP contribution in [0.4, 0.5) is 4.39 Å². The number of piperazine rings is 1. The molecule has 0 atom stereocenters. The van der Waals surface area contributed by atoms with Crippen LogP contribution in [-0.2, 0) is 13.1 Å². The first-order valence-corrected chi connectivity index (χ1v) is 8.28. The van der Waals surface area contributed by atoms with E-state index >= 15 is 0 Å². The van der Waals surface area contributed by atoms with E-state index in [1.165, 1.54) is 6.07 Å². The van der Waals surface area contributed by atoms with Gasteiger partial charge < -0.3 is 0 Å². The predicted octanol–water partition coefficient (Wildman–Crippen LogP) is 3.30. The highest BCUT2D eigenvalue weighted by molar-refractivity contribution is 9.10. The molecule has 3 rings (SSSR count). The van der Waals surface area contributed by atoms with Gasteiger partial charge in [-0.1, -0.05) is 28.1 Å². The molecule has 1 aliphatic heterocycles.